The molecule has 0 bridgehead atoms. The van der Waals surface area contributed by atoms with E-state index in [0.29, 0.717) is 27.6 Å². The highest BCUT2D eigenvalue weighted by Gasteiger charge is 2.15. The molecule has 134 valence electrons. The van der Waals surface area contributed by atoms with E-state index in [1.54, 1.807) is 12.1 Å². The number of carbonyl (C=O) groups excluding carboxylic acids is 1. The number of amides is 1. The molecule has 0 fully saturated rings. The van der Waals surface area contributed by atoms with Crippen molar-refractivity contribution in [1.82, 2.24) is 19.7 Å². The molecule has 3 aromatic rings. The van der Waals surface area contributed by atoms with Crippen LogP contribution in [0.2, 0.25) is 10.0 Å². The second kappa shape index (κ2) is 8.53. The van der Waals surface area contributed by atoms with E-state index in [1.807, 2.05) is 35.8 Å². The number of carbonyl (C=O) groups is 1. The molecule has 1 amide bonds. The number of benzene rings is 1. The smallest absolute Gasteiger partial charge is 0.236 e. The summed E-state index contributed by atoms with van der Waals surface area (Å²) in [6.45, 7) is 2.68. The fourth-order valence-electron chi connectivity index (χ4n) is 2.28. The van der Waals surface area contributed by atoms with Gasteiger partial charge in [0.25, 0.3) is 0 Å². The predicted octanol–water partition coefficient (Wildman–Crippen LogP) is 4.40. The van der Waals surface area contributed by atoms with Gasteiger partial charge >= 0.3 is 0 Å². The van der Waals surface area contributed by atoms with E-state index in [4.69, 9.17) is 23.2 Å². The lowest BCUT2D eigenvalue weighted by molar-refractivity contribution is -0.113. The van der Waals surface area contributed by atoms with Gasteiger partial charge in [-0.3, -0.25) is 4.79 Å². The maximum Gasteiger partial charge on any atom is 0.236 e. The molecule has 26 heavy (non-hydrogen) atoms. The second-order valence-electron chi connectivity index (χ2n) is 5.26. The molecule has 0 unspecified atom stereocenters. The molecule has 1 aromatic carbocycles. The van der Waals surface area contributed by atoms with E-state index in [1.165, 1.54) is 18.0 Å². The van der Waals surface area contributed by atoms with Crippen molar-refractivity contribution in [1.29, 1.82) is 0 Å². The Balaban J connectivity index is 1.68. The summed E-state index contributed by atoms with van der Waals surface area (Å²) < 4.78 is 1.95. The number of anilines is 1. The Kier molecular flexibility index (Phi) is 6.13. The van der Waals surface area contributed by atoms with Crippen LogP contribution in [0.1, 0.15) is 6.92 Å². The Hall–Kier alpha value is -2.09. The largest absolute Gasteiger partial charge is 0.310 e. The zero-order valence-electron chi connectivity index (χ0n) is 13.8. The number of thioether (sulfide) groups is 1. The quantitative estimate of drug-likeness (QED) is 0.613. The van der Waals surface area contributed by atoms with Crippen LogP contribution in [0.3, 0.4) is 0 Å². The van der Waals surface area contributed by atoms with E-state index < -0.39 is 0 Å². The molecule has 0 radical (unpaired) electrons. The number of aromatic nitrogens is 4. The van der Waals surface area contributed by atoms with Crippen molar-refractivity contribution in [3.8, 4) is 11.4 Å². The minimum atomic E-state index is -0.181. The van der Waals surface area contributed by atoms with Gasteiger partial charge in [-0.05, 0) is 31.2 Å². The number of hydrogen-bond donors (Lipinski definition) is 1. The number of rotatable bonds is 6. The predicted molar refractivity (Wildman–Crippen MR) is 105 cm³/mol. The standard InChI is InChI=1S/C17H15Cl2N5OS/c1-2-24-16(11-4-3-5-12(18)8-11)22-23-17(24)26-10-15(25)21-14-7-6-13(19)9-20-14/h3-9H,2,10H2,1H3,(H,20,21,25). The number of nitrogens with one attached hydrogen (secondary N) is 1. The van der Waals surface area contributed by atoms with Crippen molar-refractivity contribution in [3.05, 3.63) is 52.6 Å². The molecule has 3 rings (SSSR count). The average Bonchev–Trinajstić information content (AvgIpc) is 3.05. The first-order valence-electron chi connectivity index (χ1n) is 7.80. The van der Waals surface area contributed by atoms with E-state index in [2.05, 4.69) is 20.5 Å². The Morgan fingerprint density at radius 1 is 1.19 bits per heavy atom. The van der Waals surface area contributed by atoms with Gasteiger partial charge in [0.2, 0.25) is 5.91 Å². The lowest BCUT2D eigenvalue weighted by Crippen LogP contribution is -2.15. The summed E-state index contributed by atoms with van der Waals surface area (Å²) in [5.41, 5.74) is 0.883. The zero-order chi connectivity index (χ0) is 18.5. The highest BCUT2D eigenvalue weighted by molar-refractivity contribution is 7.99. The van der Waals surface area contributed by atoms with Crippen LogP contribution in [0, 0.1) is 0 Å². The van der Waals surface area contributed by atoms with Gasteiger partial charge in [0.05, 0.1) is 10.8 Å². The number of hydrogen-bond acceptors (Lipinski definition) is 5. The summed E-state index contributed by atoms with van der Waals surface area (Å²) in [7, 11) is 0. The number of halogens is 2. The molecule has 0 aliphatic heterocycles. The fraction of sp³-hybridized carbons (Fsp3) is 0.176. The van der Waals surface area contributed by atoms with Crippen LogP contribution < -0.4 is 5.32 Å². The summed E-state index contributed by atoms with van der Waals surface area (Å²) in [5, 5.41) is 13.0. The van der Waals surface area contributed by atoms with E-state index in [0.717, 1.165) is 11.4 Å². The SMILES string of the molecule is CCn1c(SCC(=O)Nc2ccc(Cl)cn2)nnc1-c1cccc(Cl)c1. The van der Waals surface area contributed by atoms with Crippen molar-refractivity contribution in [3.63, 3.8) is 0 Å². The number of pyridine rings is 1. The molecular formula is C17H15Cl2N5OS. The molecule has 0 saturated heterocycles. The van der Waals surface area contributed by atoms with Crippen molar-refractivity contribution in [2.24, 2.45) is 0 Å². The molecule has 0 aliphatic carbocycles. The lowest BCUT2D eigenvalue weighted by Gasteiger charge is -2.08. The van der Waals surface area contributed by atoms with Gasteiger partial charge in [-0.2, -0.15) is 0 Å². The first kappa shape index (κ1) is 18.7. The van der Waals surface area contributed by atoms with Crippen LogP contribution >= 0.6 is 35.0 Å². The van der Waals surface area contributed by atoms with Gasteiger partial charge in [-0.15, -0.1) is 10.2 Å². The Bertz CT molecular complexity index is 914. The average molecular weight is 408 g/mol. The topological polar surface area (TPSA) is 72.7 Å². The second-order valence-corrected chi connectivity index (χ2v) is 7.07. The zero-order valence-corrected chi connectivity index (χ0v) is 16.1. The van der Waals surface area contributed by atoms with Crippen LogP contribution in [0.25, 0.3) is 11.4 Å². The third-order valence-corrected chi connectivity index (χ3v) is 4.87. The van der Waals surface area contributed by atoms with Crippen LogP contribution in [0.4, 0.5) is 5.82 Å². The summed E-state index contributed by atoms with van der Waals surface area (Å²) in [6, 6.07) is 10.8. The summed E-state index contributed by atoms with van der Waals surface area (Å²) >= 11 is 13.1. The van der Waals surface area contributed by atoms with Crippen LogP contribution in [-0.2, 0) is 11.3 Å². The lowest BCUT2D eigenvalue weighted by atomic mass is 10.2. The van der Waals surface area contributed by atoms with Crippen LogP contribution in [0.15, 0.2) is 47.8 Å². The van der Waals surface area contributed by atoms with E-state index in [-0.39, 0.29) is 11.7 Å². The third kappa shape index (κ3) is 4.55. The molecule has 0 saturated carbocycles. The van der Waals surface area contributed by atoms with Gasteiger partial charge in [0.15, 0.2) is 11.0 Å². The Morgan fingerprint density at radius 2 is 2.04 bits per heavy atom. The summed E-state index contributed by atoms with van der Waals surface area (Å²) in [5.74, 6) is 1.19. The Morgan fingerprint density at radius 3 is 2.73 bits per heavy atom. The maximum absolute atomic E-state index is 12.1. The number of nitrogens with zero attached hydrogens (tertiary/aromatic N) is 4. The first-order chi connectivity index (χ1) is 12.6. The van der Waals surface area contributed by atoms with Gasteiger partial charge in [0.1, 0.15) is 5.82 Å². The van der Waals surface area contributed by atoms with Gasteiger partial charge in [0, 0.05) is 23.3 Å². The highest BCUT2D eigenvalue weighted by atomic mass is 35.5. The van der Waals surface area contributed by atoms with E-state index >= 15 is 0 Å². The van der Waals surface area contributed by atoms with Crippen molar-refractivity contribution >= 4 is 46.7 Å². The molecule has 2 heterocycles. The summed E-state index contributed by atoms with van der Waals surface area (Å²) in [4.78, 5) is 16.2. The van der Waals surface area contributed by atoms with Crippen molar-refractivity contribution in [2.45, 2.75) is 18.6 Å². The molecule has 9 heteroatoms. The minimum absolute atomic E-state index is 0.181. The first-order valence-corrected chi connectivity index (χ1v) is 9.54. The monoisotopic (exact) mass is 407 g/mol. The Labute approximate surface area is 164 Å². The maximum atomic E-state index is 12.1. The molecule has 1 N–H and O–H groups in total. The molecule has 0 spiro atoms. The highest BCUT2D eigenvalue weighted by Crippen LogP contribution is 2.25. The third-order valence-electron chi connectivity index (χ3n) is 3.44. The molecule has 2 aromatic heterocycles. The van der Waals surface area contributed by atoms with Crippen molar-refractivity contribution in [2.75, 3.05) is 11.1 Å². The molecule has 6 nitrogen and oxygen atoms in total. The van der Waals surface area contributed by atoms with Gasteiger partial charge in [-0.1, -0.05) is 47.1 Å². The van der Waals surface area contributed by atoms with Crippen LogP contribution in [0.5, 0.6) is 0 Å². The van der Waals surface area contributed by atoms with Gasteiger partial charge < -0.3 is 9.88 Å². The minimum Gasteiger partial charge on any atom is -0.310 e. The molecular weight excluding hydrogens is 393 g/mol. The van der Waals surface area contributed by atoms with Crippen LogP contribution in [-0.4, -0.2) is 31.4 Å². The fourth-order valence-corrected chi connectivity index (χ4v) is 3.38. The van der Waals surface area contributed by atoms with Gasteiger partial charge in [-0.25, -0.2) is 4.98 Å². The molecule has 0 aliphatic rings. The van der Waals surface area contributed by atoms with E-state index in [9.17, 15) is 4.79 Å². The van der Waals surface area contributed by atoms with Crippen molar-refractivity contribution < 1.29 is 4.79 Å². The molecule has 0 atom stereocenters. The summed E-state index contributed by atoms with van der Waals surface area (Å²) in [6.07, 6.45) is 1.48. The normalized spacial score (nSPS) is 10.7.